The van der Waals surface area contributed by atoms with Gasteiger partial charge in [-0.05, 0) is 69.8 Å². The lowest BCUT2D eigenvalue weighted by atomic mass is 9.49. The van der Waals surface area contributed by atoms with Gasteiger partial charge in [0, 0.05) is 5.56 Å². The van der Waals surface area contributed by atoms with Crippen LogP contribution in [0.1, 0.15) is 75.4 Å². The molecule has 4 nitrogen and oxygen atoms in total. The third kappa shape index (κ3) is 2.93. The summed E-state index contributed by atoms with van der Waals surface area (Å²) >= 11 is 0. The molecule has 3 rings (SSSR count). The minimum absolute atomic E-state index is 0.0224. The molecule has 3 atom stereocenters. The van der Waals surface area contributed by atoms with Gasteiger partial charge in [-0.25, -0.2) is 0 Å². The Bertz CT molecular complexity index is 728. The molecular formula is C22H30O4. The van der Waals surface area contributed by atoms with Crippen molar-refractivity contribution < 1.29 is 18.7 Å². The Morgan fingerprint density at radius 2 is 2.12 bits per heavy atom. The first kappa shape index (κ1) is 18.9. The highest BCUT2D eigenvalue weighted by molar-refractivity contribution is 5.77. The fourth-order valence-electron chi connectivity index (χ4n) is 5.77. The van der Waals surface area contributed by atoms with Crippen molar-refractivity contribution in [3.63, 3.8) is 0 Å². The molecule has 0 unspecified atom stereocenters. The summed E-state index contributed by atoms with van der Waals surface area (Å²) in [6.45, 7) is 6.67. The summed E-state index contributed by atoms with van der Waals surface area (Å²) in [4.78, 5) is 23.7. The minimum atomic E-state index is -0.405. The van der Waals surface area contributed by atoms with E-state index in [9.17, 15) is 9.59 Å². The van der Waals surface area contributed by atoms with Gasteiger partial charge in [0.2, 0.25) is 0 Å². The third-order valence-electron chi connectivity index (χ3n) is 7.13. The summed E-state index contributed by atoms with van der Waals surface area (Å²) < 4.78 is 10.4. The van der Waals surface area contributed by atoms with E-state index in [1.54, 1.807) is 6.26 Å². The predicted octanol–water partition coefficient (Wildman–Crippen LogP) is 5.12. The average molecular weight is 358 g/mol. The van der Waals surface area contributed by atoms with Gasteiger partial charge in [-0.15, -0.1) is 0 Å². The monoisotopic (exact) mass is 358 g/mol. The van der Waals surface area contributed by atoms with Crippen LogP contribution in [0.4, 0.5) is 0 Å². The fraction of sp³-hybridized carbons (Fsp3) is 0.636. The van der Waals surface area contributed by atoms with Crippen molar-refractivity contribution in [2.45, 2.75) is 65.7 Å². The Kier molecular flexibility index (Phi) is 5.14. The van der Waals surface area contributed by atoms with Crippen molar-refractivity contribution in [1.29, 1.82) is 0 Å². The van der Waals surface area contributed by atoms with E-state index in [1.165, 1.54) is 18.3 Å². The number of rotatable bonds is 5. The average Bonchev–Trinajstić information content (AvgIpc) is 3.07. The van der Waals surface area contributed by atoms with Gasteiger partial charge in [0.15, 0.2) is 12.0 Å². The second kappa shape index (κ2) is 7.05. The zero-order valence-corrected chi connectivity index (χ0v) is 16.4. The van der Waals surface area contributed by atoms with Crippen LogP contribution in [0.15, 0.2) is 27.9 Å². The highest BCUT2D eigenvalue weighted by Crippen LogP contribution is 2.60. The lowest BCUT2D eigenvalue weighted by molar-refractivity contribution is -0.163. The molecule has 4 heteroatoms. The molecule has 1 aromatic rings. The van der Waals surface area contributed by atoms with E-state index >= 15 is 0 Å². The van der Waals surface area contributed by atoms with Crippen LogP contribution in [0.5, 0.6) is 0 Å². The van der Waals surface area contributed by atoms with E-state index in [4.69, 9.17) is 9.15 Å². The molecule has 0 saturated heterocycles. The summed E-state index contributed by atoms with van der Waals surface area (Å²) in [5, 5.41) is 0. The molecule has 1 heterocycles. The zero-order chi connectivity index (χ0) is 18.9. The smallest absolute Gasteiger partial charge is 0.311 e. The maximum Gasteiger partial charge on any atom is 0.311 e. The van der Waals surface area contributed by atoms with E-state index in [1.807, 2.05) is 6.07 Å². The Morgan fingerprint density at radius 3 is 2.81 bits per heavy atom. The topological polar surface area (TPSA) is 56.5 Å². The summed E-state index contributed by atoms with van der Waals surface area (Å²) in [5.74, 6) is 0.680. The van der Waals surface area contributed by atoms with Crippen LogP contribution in [-0.4, -0.2) is 19.4 Å². The largest absolute Gasteiger partial charge is 0.469 e. The SMILES string of the molecule is COC(=O)[C@@]1(C)CCC[C@]2(C)C(CCc3ccoc3C=O)=C(C)CC[C@@H]12. The number of hydrogen-bond donors (Lipinski definition) is 0. The molecule has 0 radical (unpaired) electrons. The van der Waals surface area contributed by atoms with Gasteiger partial charge in [-0.3, -0.25) is 9.59 Å². The Hall–Kier alpha value is -1.84. The first-order chi connectivity index (χ1) is 12.4. The van der Waals surface area contributed by atoms with E-state index in [0.29, 0.717) is 11.7 Å². The van der Waals surface area contributed by atoms with Crippen LogP contribution in [0.3, 0.4) is 0 Å². The fourth-order valence-corrected chi connectivity index (χ4v) is 5.77. The second-order valence-electron chi connectivity index (χ2n) is 8.46. The Morgan fingerprint density at radius 1 is 1.35 bits per heavy atom. The van der Waals surface area contributed by atoms with Crippen molar-refractivity contribution in [3.05, 3.63) is 34.8 Å². The third-order valence-corrected chi connectivity index (χ3v) is 7.13. The van der Waals surface area contributed by atoms with Gasteiger partial charge in [0.1, 0.15) is 0 Å². The number of methoxy groups -OCH3 is 1. The number of aryl methyl sites for hydroxylation is 1. The number of esters is 1. The van der Waals surface area contributed by atoms with Crippen LogP contribution in [-0.2, 0) is 16.0 Å². The van der Waals surface area contributed by atoms with Crippen molar-refractivity contribution in [1.82, 2.24) is 0 Å². The quantitative estimate of drug-likeness (QED) is 0.416. The molecule has 0 amide bonds. The maximum atomic E-state index is 12.6. The highest BCUT2D eigenvalue weighted by Gasteiger charge is 2.55. The summed E-state index contributed by atoms with van der Waals surface area (Å²) in [6, 6.07) is 1.89. The number of allylic oxidation sites excluding steroid dienone is 2. The number of ether oxygens (including phenoxy) is 1. The van der Waals surface area contributed by atoms with Crippen LogP contribution < -0.4 is 0 Å². The van der Waals surface area contributed by atoms with E-state index in [2.05, 4.69) is 20.8 Å². The molecule has 1 fully saturated rings. The van der Waals surface area contributed by atoms with Crippen molar-refractivity contribution in [2.75, 3.05) is 7.11 Å². The normalized spacial score (nSPS) is 31.5. The Labute approximate surface area is 156 Å². The molecule has 0 bridgehead atoms. The molecule has 0 N–H and O–H groups in total. The molecule has 0 aromatic carbocycles. The zero-order valence-electron chi connectivity index (χ0n) is 16.4. The van der Waals surface area contributed by atoms with Gasteiger partial charge in [0.05, 0.1) is 18.8 Å². The lowest BCUT2D eigenvalue weighted by Gasteiger charge is -2.54. The lowest BCUT2D eigenvalue weighted by Crippen LogP contribution is -2.50. The summed E-state index contributed by atoms with van der Waals surface area (Å²) in [6.07, 6.45) is 9.23. The van der Waals surface area contributed by atoms with Crippen LogP contribution in [0.2, 0.25) is 0 Å². The second-order valence-corrected chi connectivity index (χ2v) is 8.46. The predicted molar refractivity (Wildman–Crippen MR) is 99.9 cm³/mol. The molecule has 142 valence electrons. The first-order valence-electron chi connectivity index (χ1n) is 9.66. The number of carbonyl (C=O) groups is 2. The Balaban J connectivity index is 1.90. The summed E-state index contributed by atoms with van der Waals surface area (Å²) in [5.41, 5.74) is 3.51. The van der Waals surface area contributed by atoms with Gasteiger partial charge in [-0.1, -0.05) is 24.5 Å². The number of fused-ring (bicyclic) bond motifs is 1. The number of aldehydes is 1. The first-order valence-corrected chi connectivity index (χ1v) is 9.66. The van der Waals surface area contributed by atoms with Crippen LogP contribution in [0, 0.1) is 16.7 Å². The van der Waals surface area contributed by atoms with E-state index in [-0.39, 0.29) is 11.4 Å². The highest BCUT2D eigenvalue weighted by atomic mass is 16.5. The van der Waals surface area contributed by atoms with Crippen LogP contribution in [0.25, 0.3) is 0 Å². The van der Waals surface area contributed by atoms with Gasteiger partial charge in [0.25, 0.3) is 0 Å². The number of hydrogen-bond acceptors (Lipinski definition) is 4. The molecule has 2 aliphatic carbocycles. The summed E-state index contributed by atoms with van der Waals surface area (Å²) in [7, 11) is 1.50. The maximum absolute atomic E-state index is 12.6. The number of carbonyl (C=O) groups excluding carboxylic acids is 2. The van der Waals surface area contributed by atoms with Crippen molar-refractivity contribution in [2.24, 2.45) is 16.7 Å². The molecule has 0 aliphatic heterocycles. The van der Waals surface area contributed by atoms with Crippen molar-refractivity contribution in [3.8, 4) is 0 Å². The number of furan rings is 1. The molecule has 2 aliphatic rings. The van der Waals surface area contributed by atoms with Gasteiger partial charge in [-0.2, -0.15) is 0 Å². The minimum Gasteiger partial charge on any atom is -0.469 e. The molecular weight excluding hydrogens is 328 g/mol. The van der Waals surface area contributed by atoms with Crippen LogP contribution >= 0.6 is 0 Å². The van der Waals surface area contributed by atoms with E-state index in [0.717, 1.165) is 56.8 Å². The molecule has 1 aromatic heterocycles. The molecule has 26 heavy (non-hydrogen) atoms. The van der Waals surface area contributed by atoms with Crippen molar-refractivity contribution >= 4 is 12.3 Å². The molecule has 0 spiro atoms. The van der Waals surface area contributed by atoms with Gasteiger partial charge >= 0.3 is 5.97 Å². The van der Waals surface area contributed by atoms with Gasteiger partial charge < -0.3 is 9.15 Å². The molecule has 1 saturated carbocycles. The standard InChI is InChI=1S/C22H30O4/c1-15-6-9-19-21(2,11-5-12-22(19,3)20(24)25-4)17(15)8-7-16-10-13-26-18(16)14-23/h10,13-14,19H,5-9,11-12H2,1-4H3/t19-,21-,22+/m1/s1. The van der Waals surface area contributed by atoms with E-state index < -0.39 is 5.41 Å².